The fourth-order valence-electron chi connectivity index (χ4n) is 4.33. The minimum atomic E-state index is -0.278. The Labute approximate surface area is 212 Å². The van der Waals surface area contributed by atoms with Crippen molar-refractivity contribution in [2.24, 2.45) is 0 Å². The third-order valence-electron chi connectivity index (χ3n) is 6.21. The number of aromatic nitrogens is 6. The summed E-state index contributed by atoms with van der Waals surface area (Å²) in [4.78, 5) is 18.8. The molecule has 0 aliphatic carbocycles. The maximum absolute atomic E-state index is 14.6. The molecule has 2 N–H and O–H groups in total. The largest absolute Gasteiger partial charge is 0.491 e. The number of pyridine rings is 3. The number of ether oxygens (including phenoxy) is 1. The van der Waals surface area contributed by atoms with Crippen molar-refractivity contribution in [3.8, 4) is 39.5 Å². The van der Waals surface area contributed by atoms with Crippen LogP contribution in [0.4, 0.5) is 4.39 Å². The van der Waals surface area contributed by atoms with Crippen LogP contribution >= 0.6 is 0 Å². The molecule has 0 fully saturated rings. The molecule has 0 aliphatic heterocycles. The maximum Gasteiger partial charge on any atom is 0.138 e. The second kappa shape index (κ2) is 9.44. The minimum absolute atomic E-state index is 0.278. The van der Waals surface area contributed by atoms with Crippen molar-refractivity contribution >= 4 is 21.9 Å². The van der Waals surface area contributed by atoms with E-state index in [0.29, 0.717) is 23.6 Å². The van der Waals surface area contributed by atoms with Crippen LogP contribution in [0, 0.1) is 5.82 Å². The number of aromatic amines is 2. The van der Waals surface area contributed by atoms with E-state index >= 15 is 0 Å². The summed E-state index contributed by atoms with van der Waals surface area (Å²) in [6.07, 6.45) is 6.90. The van der Waals surface area contributed by atoms with Gasteiger partial charge < -0.3 is 14.6 Å². The Kier molecular flexibility index (Phi) is 5.82. The summed E-state index contributed by atoms with van der Waals surface area (Å²) in [7, 11) is 4.01. The molecule has 6 aromatic rings. The molecular weight excluding hydrogens is 469 g/mol. The number of hydrogen-bond acceptors (Lipinski definition) is 6. The standard InChI is InChI=1S/C28H24FN7O/c1-36(2)9-10-37-18-11-17(14-30-15-18)24-13-22-26(16-32-24)34-35-27(22)25-12-21-19(7-8-31-28(21)33-25)20-5-3-4-6-23(20)29/h3-8,11-16H,9-10H2,1-2H3,(H,31,33)(H,34,35). The molecule has 5 aromatic heterocycles. The third-order valence-corrected chi connectivity index (χ3v) is 6.21. The zero-order chi connectivity index (χ0) is 25.4. The first kappa shape index (κ1) is 22.8. The van der Waals surface area contributed by atoms with E-state index in [0.717, 1.165) is 51.0 Å². The second-order valence-electron chi connectivity index (χ2n) is 9.03. The predicted octanol–water partition coefficient (Wildman–Crippen LogP) is 5.31. The van der Waals surface area contributed by atoms with Gasteiger partial charge in [0.25, 0.3) is 0 Å². The highest BCUT2D eigenvalue weighted by molar-refractivity contribution is 6.00. The van der Waals surface area contributed by atoms with Gasteiger partial charge in [-0.15, -0.1) is 0 Å². The van der Waals surface area contributed by atoms with Crippen LogP contribution in [-0.2, 0) is 0 Å². The van der Waals surface area contributed by atoms with Gasteiger partial charge in [-0.2, -0.15) is 5.10 Å². The molecule has 0 aliphatic rings. The minimum Gasteiger partial charge on any atom is -0.491 e. The lowest BCUT2D eigenvalue weighted by atomic mass is 10.0. The van der Waals surface area contributed by atoms with Crippen molar-refractivity contribution in [2.75, 3.05) is 27.2 Å². The molecule has 1 aromatic carbocycles. The Morgan fingerprint density at radius 3 is 2.70 bits per heavy atom. The molecule has 6 rings (SSSR count). The number of fused-ring (bicyclic) bond motifs is 2. The molecule has 37 heavy (non-hydrogen) atoms. The molecule has 0 saturated carbocycles. The van der Waals surface area contributed by atoms with Crippen LogP contribution in [-0.4, -0.2) is 62.3 Å². The Bertz CT molecular complexity index is 1720. The molecule has 0 atom stereocenters. The summed E-state index contributed by atoms with van der Waals surface area (Å²) in [5, 5.41) is 9.31. The fourth-order valence-corrected chi connectivity index (χ4v) is 4.33. The monoisotopic (exact) mass is 493 g/mol. The average Bonchev–Trinajstić information content (AvgIpc) is 3.52. The molecule has 9 heteroatoms. The number of nitrogens with one attached hydrogen (secondary N) is 2. The zero-order valence-electron chi connectivity index (χ0n) is 20.4. The van der Waals surface area contributed by atoms with Gasteiger partial charge in [0.1, 0.15) is 29.5 Å². The molecule has 0 bridgehead atoms. The fraction of sp³-hybridized carbons (Fsp3) is 0.143. The average molecular weight is 494 g/mol. The van der Waals surface area contributed by atoms with E-state index < -0.39 is 0 Å². The number of hydrogen-bond donors (Lipinski definition) is 2. The van der Waals surface area contributed by atoms with E-state index in [4.69, 9.17) is 4.74 Å². The van der Waals surface area contributed by atoms with Crippen molar-refractivity contribution in [2.45, 2.75) is 0 Å². The summed E-state index contributed by atoms with van der Waals surface area (Å²) in [6.45, 7) is 1.38. The lowest BCUT2D eigenvalue weighted by molar-refractivity contribution is 0.261. The molecule has 0 unspecified atom stereocenters. The van der Waals surface area contributed by atoms with Crippen molar-refractivity contribution in [1.82, 2.24) is 35.0 Å². The van der Waals surface area contributed by atoms with Crippen molar-refractivity contribution < 1.29 is 9.13 Å². The first-order valence-electron chi connectivity index (χ1n) is 11.9. The normalized spacial score (nSPS) is 11.6. The van der Waals surface area contributed by atoms with Gasteiger partial charge in [-0.25, -0.2) is 9.37 Å². The summed E-state index contributed by atoms with van der Waals surface area (Å²) in [6, 6.07) is 14.4. The number of nitrogens with zero attached hydrogens (tertiary/aromatic N) is 5. The van der Waals surface area contributed by atoms with E-state index in [1.807, 2.05) is 44.4 Å². The number of likely N-dealkylation sites (N-methyl/N-ethyl adjacent to an activating group) is 1. The summed E-state index contributed by atoms with van der Waals surface area (Å²) in [5.41, 5.74) is 5.84. The van der Waals surface area contributed by atoms with Gasteiger partial charge in [0, 0.05) is 40.8 Å². The van der Waals surface area contributed by atoms with Gasteiger partial charge in [0.2, 0.25) is 0 Å². The SMILES string of the molecule is CN(C)CCOc1cncc(-c2cc3c(-c4cc5c(-c6ccccc6F)ccnc5[nH]4)n[nH]c3cn2)c1. The Balaban J connectivity index is 1.39. The molecule has 8 nitrogen and oxygen atoms in total. The van der Waals surface area contributed by atoms with Crippen LogP contribution in [0.15, 0.2) is 73.3 Å². The Hall–Kier alpha value is -4.63. The second-order valence-corrected chi connectivity index (χ2v) is 9.03. The first-order valence-corrected chi connectivity index (χ1v) is 11.9. The number of benzene rings is 1. The Morgan fingerprint density at radius 2 is 1.84 bits per heavy atom. The molecular formula is C28H24FN7O. The Morgan fingerprint density at radius 1 is 0.946 bits per heavy atom. The molecule has 0 saturated heterocycles. The third kappa shape index (κ3) is 4.41. The van der Waals surface area contributed by atoms with Crippen molar-refractivity contribution in [1.29, 1.82) is 0 Å². The number of H-pyrrole nitrogens is 2. The highest BCUT2D eigenvalue weighted by Crippen LogP contribution is 2.35. The van der Waals surface area contributed by atoms with E-state index in [1.165, 1.54) is 6.07 Å². The molecule has 0 radical (unpaired) electrons. The molecule has 0 amide bonds. The molecule has 184 valence electrons. The van der Waals surface area contributed by atoms with Gasteiger partial charge in [-0.05, 0) is 50.0 Å². The van der Waals surface area contributed by atoms with Crippen LogP contribution < -0.4 is 4.74 Å². The van der Waals surface area contributed by atoms with Crippen LogP contribution in [0.5, 0.6) is 5.75 Å². The number of rotatable bonds is 7. The van der Waals surface area contributed by atoms with E-state index in [1.54, 1.807) is 36.9 Å². The predicted molar refractivity (Wildman–Crippen MR) is 142 cm³/mol. The van der Waals surface area contributed by atoms with E-state index in [9.17, 15) is 4.39 Å². The van der Waals surface area contributed by atoms with Gasteiger partial charge >= 0.3 is 0 Å². The first-order chi connectivity index (χ1) is 18.1. The number of halogens is 1. The lowest BCUT2D eigenvalue weighted by Crippen LogP contribution is -2.19. The highest BCUT2D eigenvalue weighted by Gasteiger charge is 2.16. The van der Waals surface area contributed by atoms with Crippen LogP contribution in [0.1, 0.15) is 0 Å². The van der Waals surface area contributed by atoms with E-state index in [-0.39, 0.29) is 5.82 Å². The zero-order valence-corrected chi connectivity index (χ0v) is 20.4. The smallest absolute Gasteiger partial charge is 0.138 e. The van der Waals surface area contributed by atoms with Crippen LogP contribution in [0.3, 0.4) is 0 Å². The van der Waals surface area contributed by atoms with Crippen molar-refractivity contribution in [3.05, 3.63) is 79.1 Å². The van der Waals surface area contributed by atoms with Crippen LogP contribution in [0.2, 0.25) is 0 Å². The quantitative estimate of drug-likeness (QED) is 0.313. The van der Waals surface area contributed by atoms with Crippen LogP contribution in [0.25, 0.3) is 55.7 Å². The van der Waals surface area contributed by atoms with Gasteiger partial charge in [0.15, 0.2) is 0 Å². The topological polar surface area (TPSA) is 95.6 Å². The van der Waals surface area contributed by atoms with Gasteiger partial charge in [0.05, 0.1) is 29.3 Å². The molecule has 5 heterocycles. The molecule has 0 spiro atoms. The van der Waals surface area contributed by atoms with E-state index in [2.05, 4.69) is 35.0 Å². The summed E-state index contributed by atoms with van der Waals surface area (Å²) in [5.74, 6) is 0.413. The lowest BCUT2D eigenvalue weighted by Gasteiger charge is -2.11. The maximum atomic E-state index is 14.6. The van der Waals surface area contributed by atoms with Gasteiger partial charge in [-0.3, -0.25) is 15.1 Å². The summed E-state index contributed by atoms with van der Waals surface area (Å²) >= 11 is 0. The van der Waals surface area contributed by atoms with Crippen molar-refractivity contribution in [3.63, 3.8) is 0 Å². The van der Waals surface area contributed by atoms with Gasteiger partial charge in [-0.1, -0.05) is 18.2 Å². The highest BCUT2D eigenvalue weighted by atomic mass is 19.1. The summed E-state index contributed by atoms with van der Waals surface area (Å²) < 4.78 is 20.4.